The molecular weight excluding hydrogens is 277 g/mol. The van der Waals surface area contributed by atoms with Crippen molar-refractivity contribution in [2.24, 2.45) is 0 Å². The molecule has 0 aliphatic carbocycles. The van der Waals surface area contributed by atoms with Crippen molar-refractivity contribution < 1.29 is 9.18 Å². The second kappa shape index (κ2) is 7.00. The lowest BCUT2D eigenvalue weighted by atomic mass is 10.1. The van der Waals surface area contributed by atoms with Crippen LogP contribution in [0.5, 0.6) is 0 Å². The third-order valence-electron chi connectivity index (χ3n) is 2.76. The average molecular weight is 293 g/mol. The first-order valence-electron chi connectivity index (χ1n) is 6.30. The Morgan fingerprint density at radius 1 is 1.45 bits per heavy atom. The zero-order valence-corrected chi connectivity index (χ0v) is 12.0. The van der Waals surface area contributed by atoms with Gasteiger partial charge in [0, 0.05) is 18.8 Å². The van der Waals surface area contributed by atoms with Crippen LogP contribution in [0.4, 0.5) is 9.52 Å². The molecule has 0 aliphatic rings. The molecule has 0 atom stereocenters. The SMILES string of the molecule is CNc1nc(CNC(=O)CCc2cccc(F)c2)cs1. The monoisotopic (exact) mass is 293 g/mol. The summed E-state index contributed by atoms with van der Waals surface area (Å²) in [7, 11) is 1.81. The van der Waals surface area contributed by atoms with Gasteiger partial charge in [0.05, 0.1) is 12.2 Å². The van der Waals surface area contributed by atoms with E-state index in [0.29, 0.717) is 19.4 Å². The summed E-state index contributed by atoms with van der Waals surface area (Å²) >= 11 is 1.50. The second-order valence-corrected chi connectivity index (χ2v) is 5.16. The Bertz CT molecular complexity index is 585. The molecule has 0 bridgehead atoms. The van der Waals surface area contributed by atoms with Crippen LogP contribution < -0.4 is 10.6 Å². The molecule has 2 rings (SSSR count). The first-order chi connectivity index (χ1) is 9.67. The van der Waals surface area contributed by atoms with Gasteiger partial charge >= 0.3 is 0 Å². The van der Waals surface area contributed by atoms with E-state index in [9.17, 15) is 9.18 Å². The number of rotatable bonds is 6. The summed E-state index contributed by atoms with van der Waals surface area (Å²) < 4.78 is 13.0. The summed E-state index contributed by atoms with van der Waals surface area (Å²) in [5, 5.41) is 8.48. The zero-order valence-electron chi connectivity index (χ0n) is 11.1. The minimum atomic E-state index is -0.273. The lowest BCUT2D eigenvalue weighted by molar-refractivity contribution is -0.121. The van der Waals surface area contributed by atoms with Gasteiger partial charge in [0.1, 0.15) is 5.82 Å². The number of benzene rings is 1. The Morgan fingerprint density at radius 2 is 2.30 bits per heavy atom. The highest BCUT2D eigenvalue weighted by atomic mass is 32.1. The highest BCUT2D eigenvalue weighted by Gasteiger charge is 2.05. The van der Waals surface area contributed by atoms with Crippen molar-refractivity contribution in [3.05, 3.63) is 46.7 Å². The van der Waals surface area contributed by atoms with Crippen molar-refractivity contribution in [3.8, 4) is 0 Å². The van der Waals surface area contributed by atoms with E-state index < -0.39 is 0 Å². The van der Waals surface area contributed by atoms with Crippen molar-refractivity contribution in [2.75, 3.05) is 12.4 Å². The number of carbonyl (C=O) groups is 1. The van der Waals surface area contributed by atoms with Crippen molar-refractivity contribution >= 4 is 22.4 Å². The van der Waals surface area contributed by atoms with E-state index in [1.54, 1.807) is 13.1 Å². The van der Waals surface area contributed by atoms with Crippen LogP contribution in [0.15, 0.2) is 29.6 Å². The molecule has 6 heteroatoms. The van der Waals surface area contributed by atoms with Gasteiger partial charge in [0.25, 0.3) is 0 Å². The number of amides is 1. The second-order valence-electron chi connectivity index (χ2n) is 4.30. The van der Waals surface area contributed by atoms with E-state index in [1.807, 2.05) is 11.4 Å². The van der Waals surface area contributed by atoms with Gasteiger partial charge < -0.3 is 10.6 Å². The number of halogens is 1. The molecule has 0 fully saturated rings. The van der Waals surface area contributed by atoms with Crippen molar-refractivity contribution in [3.63, 3.8) is 0 Å². The van der Waals surface area contributed by atoms with Gasteiger partial charge in [-0.05, 0) is 24.1 Å². The molecule has 0 spiro atoms. The van der Waals surface area contributed by atoms with Crippen LogP contribution in [0.1, 0.15) is 17.7 Å². The van der Waals surface area contributed by atoms with E-state index in [4.69, 9.17) is 0 Å². The maximum absolute atomic E-state index is 13.0. The first-order valence-corrected chi connectivity index (χ1v) is 7.18. The smallest absolute Gasteiger partial charge is 0.220 e. The molecular formula is C14H16FN3OS. The Labute approximate surface area is 121 Å². The lowest BCUT2D eigenvalue weighted by Gasteiger charge is -2.04. The van der Waals surface area contributed by atoms with Crippen LogP contribution in [0.2, 0.25) is 0 Å². The van der Waals surface area contributed by atoms with Crippen LogP contribution in [-0.2, 0) is 17.8 Å². The molecule has 1 aromatic carbocycles. The Morgan fingerprint density at radius 3 is 3.00 bits per heavy atom. The van der Waals surface area contributed by atoms with E-state index in [2.05, 4.69) is 15.6 Å². The van der Waals surface area contributed by atoms with E-state index in [0.717, 1.165) is 16.4 Å². The Kier molecular flexibility index (Phi) is 5.06. The predicted octanol–water partition coefficient (Wildman–Crippen LogP) is 2.57. The van der Waals surface area contributed by atoms with Crippen LogP contribution in [0.25, 0.3) is 0 Å². The predicted molar refractivity (Wildman–Crippen MR) is 78.2 cm³/mol. The summed E-state index contributed by atoms with van der Waals surface area (Å²) in [6.45, 7) is 0.417. The number of hydrogen-bond donors (Lipinski definition) is 2. The van der Waals surface area contributed by atoms with Gasteiger partial charge in [-0.2, -0.15) is 0 Å². The van der Waals surface area contributed by atoms with Crippen molar-refractivity contribution in [1.82, 2.24) is 10.3 Å². The summed E-state index contributed by atoms with van der Waals surface area (Å²) in [5.41, 5.74) is 1.66. The van der Waals surface area contributed by atoms with Crippen LogP contribution >= 0.6 is 11.3 Å². The molecule has 0 saturated carbocycles. The molecule has 1 heterocycles. The third kappa shape index (κ3) is 4.31. The molecule has 0 radical (unpaired) electrons. The fourth-order valence-electron chi connectivity index (χ4n) is 1.73. The Hall–Kier alpha value is -1.95. The van der Waals surface area contributed by atoms with Crippen LogP contribution in [0, 0.1) is 5.82 Å². The zero-order chi connectivity index (χ0) is 14.4. The largest absolute Gasteiger partial charge is 0.365 e. The minimum absolute atomic E-state index is 0.0618. The summed E-state index contributed by atoms with van der Waals surface area (Å²) in [5.74, 6) is -0.335. The number of nitrogens with zero attached hydrogens (tertiary/aromatic N) is 1. The first kappa shape index (κ1) is 14.5. The van der Waals surface area contributed by atoms with E-state index >= 15 is 0 Å². The maximum atomic E-state index is 13.0. The van der Waals surface area contributed by atoms with Crippen molar-refractivity contribution in [1.29, 1.82) is 0 Å². The number of hydrogen-bond acceptors (Lipinski definition) is 4. The van der Waals surface area contributed by atoms with Gasteiger partial charge in [-0.3, -0.25) is 4.79 Å². The topological polar surface area (TPSA) is 54.0 Å². The highest BCUT2D eigenvalue weighted by molar-refractivity contribution is 7.13. The molecule has 2 aromatic rings. The summed E-state index contributed by atoms with van der Waals surface area (Å²) in [6, 6.07) is 6.31. The standard InChI is InChI=1S/C14H16FN3OS/c1-16-14-18-12(9-20-14)8-17-13(19)6-5-10-3-2-4-11(15)7-10/h2-4,7,9H,5-6,8H2,1H3,(H,16,18)(H,17,19). The number of thiazole rings is 1. The number of aryl methyl sites for hydroxylation is 1. The molecule has 1 amide bonds. The normalized spacial score (nSPS) is 10.3. The van der Waals surface area contributed by atoms with Crippen LogP contribution in [0.3, 0.4) is 0 Å². The molecule has 0 unspecified atom stereocenters. The molecule has 2 N–H and O–H groups in total. The molecule has 0 aliphatic heterocycles. The average Bonchev–Trinajstić information content (AvgIpc) is 2.91. The third-order valence-corrected chi connectivity index (χ3v) is 3.67. The minimum Gasteiger partial charge on any atom is -0.365 e. The van der Waals surface area contributed by atoms with Gasteiger partial charge in [0.15, 0.2) is 5.13 Å². The summed E-state index contributed by atoms with van der Waals surface area (Å²) in [6.07, 6.45) is 0.870. The lowest BCUT2D eigenvalue weighted by Crippen LogP contribution is -2.23. The molecule has 0 saturated heterocycles. The quantitative estimate of drug-likeness (QED) is 0.860. The van der Waals surface area contributed by atoms with E-state index in [1.165, 1.54) is 23.5 Å². The number of aromatic nitrogens is 1. The fourth-order valence-corrected chi connectivity index (χ4v) is 2.40. The fraction of sp³-hybridized carbons (Fsp3) is 0.286. The number of nitrogens with one attached hydrogen (secondary N) is 2. The Balaban J connectivity index is 1.75. The van der Waals surface area contributed by atoms with Crippen molar-refractivity contribution in [2.45, 2.75) is 19.4 Å². The highest BCUT2D eigenvalue weighted by Crippen LogP contribution is 2.14. The number of carbonyl (C=O) groups excluding carboxylic acids is 1. The molecule has 1 aromatic heterocycles. The number of anilines is 1. The van der Waals surface area contributed by atoms with E-state index in [-0.39, 0.29) is 11.7 Å². The van der Waals surface area contributed by atoms with Gasteiger partial charge in [-0.1, -0.05) is 12.1 Å². The maximum Gasteiger partial charge on any atom is 0.220 e. The summed E-state index contributed by atoms with van der Waals surface area (Å²) in [4.78, 5) is 16.0. The molecule has 20 heavy (non-hydrogen) atoms. The van der Waals surface area contributed by atoms with Crippen LogP contribution in [-0.4, -0.2) is 17.9 Å². The van der Waals surface area contributed by atoms with Gasteiger partial charge in [-0.25, -0.2) is 9.37 Å². The molecule has 4 nitrogen and oxygen atoms in total. The molecule has 106 valence electrons. The van der Waals surface area contributed by atoms with Gasteiger partial charge in [-0.15, -0.1) is 11.3 Å². The van der Waals surface area contributed by atoms with Gasteiger partial charge in [0.2, 0.25) is 5.91 Å².